The van der Waals surface area contributed by atoms with Gasteiger partial charge in [0.15, 0.2) is 0 Å². The first kappa shape index (κ1) is 8.05. The summed E-state index contributed by atoms with van der Waals surface area (Å²) >= 11 is 0. The van der Waals surface area contributed by atoms with Crippen LogP contribution in [0.25, 0.3) is 11.7 Å². The van der Waals surface area contributed by atoms with E-state index >= 15 is 0 Å². The first-order valence-electron chi connectivity index (χ1n) is 1.79. The molecule has 0 aliphatic rings. The first-order chi connectivity index (χ1) is 4.18. The molecule has 0 saturated carbocycles. The molecule has 7 heteroatoms. The zero-order chi connectivity index (χ0) is 7.28. The van der Waals surface area contributed by atoms with E-state index in [2.05, 4.69) is 16.7 Å². The lowest BCUT2D eigenvalue weighted by atomic mass is 11.2. The average molecular weight is 131 g/mol. The van der Waals surface area contributed by atoms with Gasteiger partial charge in [0.05, 0.1) is 0 Å². The summed E-state index contributed by atoms with van der Waals surface area (Å²) in [6, 6.07) is 0. The summed E-state index contributed by atoms with van der Waals surface area (Å²) in [6.45, 7) is 3.00. The van der Waals surface area contributed by atoms with Gasteiger partial charge in [0.25, 0.3) is 0 Å². The molecule has 0 aromatic rings. The van der Waals surface area contributed by atoms with Crippen LogP contribution in [0.15, 0.2) is 11.7 Å². The number of hydrogen-bond acceptors (Lipinski definition) is 5. The van der Waals surface area contributed by atoms with E-state index in [1.54, 1.807) is 0 Å². The van der Waals surface area contributed by atoms with Crippen LogP contribution in [-0.4, -0.2) is 21.6 Å². The molecule has 52 valence electrons. The molecular formula is C2H5N5O2-2. The molecule has 0 aromatic carbocycles. The summed E-state index contributed by atoms with van der Waals surface area (Å²) in [5.74, 6) is 14.5. The summed E-state index contributed by atoms with van der Waals surface area (Å²) in [7, 11) is 0. The van der Waals surface area contributed by atoms with Gasteiger partial charge in [-0.25, -0.2) is 4.94 Å². The molecule has 0 heterocycles. The summed E-state index contributed by atoms with van der Waals surface area (Å²) < 4.78 is 0. The average Bonchev–Trinajstić information content (AvgIpc) is 1.82. The van der Waals surface area contributed by atoms with Crippen LogP contribution >= 0.6 is 0 Å². The number of nitrogens with one attached hydrogen (secondary N) is 2. The van der Waals surface area contributed by atoms with Gasteiger partial charge in [-0.05, 0) is 11.7 Å². The Kier molecular flexibility index (Phi) is 3.56. The SMILES string of the molecule is C=C=NON(O)N([NH-])[NH-]. The molecule has 3 N–H and O–H groups in total. The molecule has 0 aliphatic heterocycles. The molecule has 0 rings (SSSR count). The predicted molar refractivity (Wildman–Crippen MR) is 28.3 cm³/mol. The van der Waals surface area contributed by atoms with Gasteiger partial charge in [-0.15, -0.1) is 0 Å². The van der Waals surface area contributed by atoms with Crippen molar-refractivity contribution in [3.63, 3.8) is 0 Å². The Balaban J connectivity index is 3.49. The zero-order valence-electron chi connectivity index (χ0n) is 4.40. The van der Waals surface area contributed by atoms with E-state index in [0.717, 1.165) is 0 Å². The van der Waals surface area contributed by atoms with Gasteiger partial charge < -0.3 is 16.9 Å². The van der Waals surface area contributed by atoms with Crippen molar-refractivity contribution in [3.8, 4) is 0 Å². The minimum atomic E-state index is -0.224. The molecule has 0 amide bonds. The molecule has 0 aliphatic carbocycles. The fourth-order valence-corrected chi connectivity index (χ4v) is 0.102. The van der Waals surface area contributed by atoms with Gasteiger partial charge in [-0.1, -0.05) is 0 Å². The Bertz CT molecular complexity index is 118. The van der Waals surface area contributed by atoms with Crippen molar-refractivity contribution < 1.29 is 10.1 Å². The predicted octanol–water partition coefficient (Wildman–Crippen LogP) is 0.531. The van der Waals surface area contributed by atoms with Crippen molar-refractivity contribution in [1.82, 2.24) is 10.6 Å². The Morgan fingerprint density at radius 1 is 1.67 bits per heavy atom. The van der Waals surface area contributed by atoms with Crippen LogP contribution in [-0.2, 0) is 4.94 Å². The van der Waals surface area contributed by atoms with E-state index in [4.69, 9.17) is 16.9 Å². The largest absolute Gasteiger partial charge is 0.610 e. The van der Waals surface area contributed by atoms with Crippen LogP contribution in [0.4, 0.5) is 0 Å². The highest BCUT2D eigenvalue weighted by molar-refractivity contribution is 5.45. The molecule has 0 spiro atoms. The standard InChI is InChI=1S/C2H5N5O2/c1-2-5-9-7(8)6(3)4/h3-4,8H,1H2/q-2. The second kappa shape index (κ2) is 3.98. The molecular weight excluding hydrogens is 126 g/mol. The van der Waals surface area contributed by atoms with Gasteiger partial charge in [-0.3, -0.25) is 5.21 Å². The van der Waals surface area contributed by atoms with Crippen molar-refractivity contribution in [2.75, 3.05) is 0 Å². The van der Waals surface area contributed by atoms with Crippen molar-refractivity contribution >= 4 is 5.87 Å². The lowest BCUT2D eigenvalue weighted by Crippen LogP contribution is -2.26. The van der Waals surface area contributed by atoms with Crippen LogP contribution < -0.4 is 0 Å². The van der Waals surface area contributed by atoms with E-state index in [1.807, 2.05) is 5.87 Å². The number of hydrogen-bond donors (Lipinski definition) is 1. The quantitative estimate of drug-likeness (QED) is 0.446. The molecule has 0 bridgehead atoms. The summed E-state index contributed by atoms with van der Waals surface area (Å²) in [5.41, 5.74) is 0. The highest BCUT2D eigenvalue weighted by Gasteiger charge is 1.88. The summed E-state index contributed by atoms with van der Waals surface area (Å²) in [4.78, 5) is 3.84. The normalized spacial score (nSPS) is 9.44. The molecule has 0 unspecified atom stereocenters. The molecule has 9 heavy (non-hydrogen) atoms. The highest BCUT2D eigenvalue weighted by Crippen LogP contribution is 1.91. The van der Waals surface area contributed by atoms with E-state index in [-0.39, 0.29) is 10.6 Å². The Labute approximate surface area is 51.2 Å². The minimum absolute atomic E-state index is 0.221. The monoisotopic (exact) mass is 131 g/mol. The highest BCUT2D eigenvalue weighted by atomic mass is 17.0. The van der Waals surface area contributed by atoms with Crippen LogP contribution in [0.2, 0.25) is 0 Å². The molecule has 0 aromatic heterocycles. The molecule has 0 radical (unpaired) electrons. The van der Waals surface area contributed by atoms with Crippen LogP contribution in [0.1, 0.15) is 0 Å². The Hall–Kier alpha value is -0.950. The van der Waals surface area contributed by atoms with Crippen LogP contribution in [0, 0.1) is 0 Å². The van der Waals surface area contributed by atoms with Crippen LogP contribution in [0.3, 0.4) is 0 Å². The van der Waals surface area contributed by atoms with Crippen LogP contribution in [0.5, 0.6) is 0 Å². The minimum Gasteiger partial charge on any atom is -0.610 e. The van der Waals surface area contributed by atoms with Gasteiger partial charge >= 0.3 is 0 Å². The van der Waals surface area contributed by atoms with Crippen molar-refractivity contribution in [2.24, 2.45) is 5.16 Å². The third-order valence-corrected chi connectivity index (χ3v) is 0.349. The molecule has 7 nitrogen and oxygen atoms in total. The van der Waals surface area contributed by atoms with Gasteiger partial charge in [0, 0.05) is 11.2 Å². The maximum absolute atomic E-state index is 8.26. The van der Waals surface area contributed by atoms with Crippen molar-refractivity contribution in [2.45, 2.75) is 0 Å². The van der Waals surface area contributed by atoms with Gasteiger partial charge in [0.1, 0.15) is 0 Å². The molecule has 0 saturated heterocycles. The number of rotatable bonds is 3. The molecule has 0 fully saturated rings. The number of nitrogens with zero attached hydrogens (tertiary/aromatic N) is 3. The zero-order valence-corrected chi connectivity index (χ0v) is 4.40. The van der Waals surface area contributed by atoms with Gasteiger partial charge in [-0.2, -0.15) is 0 Å². The third-order valence-electron chi connectivity index (χ3n) is 0.349. The van der Waals surface area contributed by atoms with E-state index in [0.29, 0.717) is 0 Å². The fraction of sp³-hybridized carbons (Fsp3) is 0. The maximum Gasteiger partial charge on any atom is 0.0499 e. The first-order valence-corrected chi connectivity index (χ1v) is 1.79. The smallest absolute Gasteiger partial charge is 0.0499 e. The van der Waals surface area contributed by atoms with Crippen molar-refractivity contribution in [3.05, 3.63) is 18.3 Å². The Morgan fingerprint density at radius 3 is 2.56 bits per heavy atom. The third kappa shape index (κ3) is 3.62. The van der Waals surface area contributed by atoms with Crippen molar-refractivity contribution in [1.29, 1.82) is 0 Å². The fourth-order valence-electron chi connectivity index (χ4n) is 0.102. The lowest BCUT2D eigenvalue weighted by Gasteiger charge is -2.33. The second-order valence-electron chi connectivity index (χ2n) is 0.896. The maximum atomic E-state index is 8.26. The summed E-state index contributed by atoms with van der Waals surface area (Å²) in [6.07, 6.45) is 0. The van der Waals surface area contributed by atoms with E-state index in [1.165, 1.54) is 0 Å². The summed E-state index contributed by atoms with van der Waals surface area (Å²) in [5, 5.41) is 10.6. The lowest BCUT2D eigenvalue weighted by molar-refractivity contribution is -0.419. The molecule has 0 atom stereocenters. The Morgan fingerprint density at radius 2 is 2.22 bits per heavy atom. The van der Waals surface area contributed by atoms with E-state index < -0.39 is 0 Å². The topological polar surface area (TPSA) is 95.9 Å². The second-order valence-corrected chi connectivity index (χ2v) is 0.896. The number of hydrazine groups is 1. The van der Waals surface area contributed by atoms with E-state index in [9.17, 15) is 0 Å². The van der Waals surface area contributed by atoms with Gasteiger partial charge in [0.2, 0.25) is 0 Å².